The number of carbonyl (C=O) groups is 1. The van der Waals surface area contributed by atoms with E-state index in [-0.39, 0.29) is 31.1 Å². The van der Waals surface area contributed by atoms with Gasteiger partial charge >= 0.3 is 0 Å². The number of rotatable bonds is 5. The van der Waals surface area contributed by atoms with Crippen LogP contribution in [0.2, 0.25) is 0 Å². The van der Waals surface area contributed by atoms with Gasteiger partial charge in [0.05, 0.1) is 12.2 Å². The predicted octanol–water partition coefficient (Wildman–Crippen LogP) is 1.54. The van der Waals surface area contributed by atoms with Crippen molar-refractivity contribution in [2.75, 3.05) is 25.0 Å². The molecule has 0 aliphatic carbocycles. The molecule has 6 heteroatoms. The van der Waals surface area contributed by atoms with Crippen LogP contribution in [0.5, 0.6) is 0 Å². The van der Waals surface area contributed by atoms with Crippen molar-refractivity contribution in [3.63, 3.8) is 0 Å². The first-order valence-electron chi connectivity index (χ1n) is 6.78. The molecule has 1 amide bonds. The zero-order valence-electron chi connectivity index (χ0n) is 11.5. The summed E-state index contributed by atoms with van der Waals surface area (Å²) >= 11 is 0. The molecule has 0 spiro atoms. The second-order valence-corrected chi connectivity index (χ2v) is 4.90. The van der Waals surface area contributed by atoms with Crippen molar-refractivity contribution in [2.24, 2.45) is 0 Å². The van der Waals surface area contributed by atoms with E-state index in [9.17, 15) is 9.28 Å². The summed E-state index contributed by atoms with van der Waals surface area (Å²) in [4.78, 5) is 11.4. The quantitative estimate of drug-likeness (QED) is 0.716. The normalized spacial score (nSPS) is 22.5. The molecule has 1 saturated heterocycles. The second kappa shape index (κ2) is 7.33. The number of amides is 1. The fourth-order valence-electron chi connectivity index (χ4n) is 2.16. The Bertz CT molecular complexity index is 439. The van der Waals surface area contributed by atoms with E-state index in [0.717, 1.165) is 18.7 Å². The summed E-state index contributed by atoms with van der Waals surface area (Å²) in [5.41, 5.74) is 3.24. The zero-order valence-corrected chi connectivity index (χ0v) is 11.5. The van der Waals surface area contributed by atoms with E-state index >= 15 is 0 Å². The molecule has 5 nitrogen and oxygen atoms in total. The Hall–Kier alpha value is -1.50. The molecule has 0 unspecified atom stereocenters. The van der Waals surface area contributed by atoms with Crippen LogP contribution in [-0.2, 0) is 9.53 Å². The van der Waals surface area contributed by atoms with Crippen LogP contribution in [0, 0.1) is 0 Å². The van der Waals surface area contributed by atoms with E-state index in [1.54, 1.807) is 0 Å². The third kappa shape index (κ3) is 4.26. The smallest absolute Gasteiger partial charge is 0.225 e. The monoisotopic (exact) mass is 281 g/mol. The van der Waals surface area contributed by atoms with Crippen LogP contribution in [0.1, 0.15) is 25.0 Å². The molecular formula is C14H20FN3O2. The summed E-state index contributed by atoms with van der Waals surface area (Å²) in [6, 6.07) is 7.54. The summed E-state index contributed by atoms with van der Waals surface area (Å²) in [5.74, 6) is -0.216. The number of anilines is 1. The van der Waals surface area contributed by atoms with Crippen LogP contribution in [0.3, 0.4) is 0 Å². The molecule has 0 aromatic heterocycles. The number of morpholine rings is 1. The first kappa shape index (κ1) is 14.9. The summed E-state index contributed by atoms with van der Waals surface area (Å²) < 4.78 is 17.6. The number of carbonyl (C=O) groups excluding carboxylic acids is 1. The summed E-state index contributed by atoms with van der Waals surface area (Å²) in [6.45, 7) is 3.71. The van der Waals surface area contributed by atoms with E-state index in [2.05, 4.69) is 10.6 Å². The van der Waals surface area contributed by atoms with Gasteiger partial charge in [0.15, 0.2) is 0 Å². The van der Waals surface area contributed by atoms with Gasteiger partial charge < -0.3 is 15.4 Å². The maximum absolute atomic E-state index is 11.7. The van der Waals surface area contributed by atoms with Crippen LogP contribution in [0.4, 0.5) is 10.2 Å². The number of hydrogen-bond acceptors (Lipinski definition) is 4. The minimum Gasteiger partial charge on any atom is -0.368 e. The van der Waals surface area contributed by atoms with Gasteiger partial charge in [-0.1, -0.05) is 12.1 Å². The van der Waals surface area contributed by atoms with Gasteiger partial charge in [0, 0.05) is 31.7 Å². The van der Waals surface area contributed by atoms with E-state index in [0.29, 0.717) is 5.69 Å². The topological polar surface area (TPSA) is 62.4 Å². The molecular weight excluding hydrogens is 261 g/mol. The lowest BCUT2D eigenvalue weighted by Gasteiger charge is -2.29. The summed E-state index contributed by atoms with van der Waals surface area (Å²) in [7, 11) is 0. The summed E-state index contributed by atoms with van der Waals surface area (Å²) in [5, 5.41) is 6.03. The minimum atomic E-state index is -0.216. The average Bonchev–Trinajstić information content (AvgIpc) is 2.46. The molecule has 2 rings (SSSR count). The Kier molecular flexibility index (Phi) is 5.46. The maximum Gasteiger partial charge on any atom is 0.225 e. The lowest BCUT2D eigenvalue weighted by Crippen LogP contribution is -2.38. The van der Waals surface area contributed by atoms with Crippen LogP contribution in [-0.4, -0.2) is 31.6 Å². The largest absolute Gasteiger partial charge is 0.368 e. The van der Waals surface area contributed by atoms with Gasteiger partial charge in [-0.25, -0.2) is 0 Å². The van der Waals surface area contributed by atoms with Crippen LogP contribution in [0.15, 0.2) is 24.3 Å². The van der Waals surface area contributed by atoms with Gasteiger partial charge in [-0.2, -0.15) is 5.54 Å². The van der Waals surface area contributed by atoms with Crippen molar-refractivity contribution < 1.29 is 14.0 Å². The van der Waals surface area contributed by atoms with Gasteiger partial charge in [-0.3, -0.25) is 4.79 Å². The fourth-order valence-corrected chi connectivity index (χ4v) is 2.16. The first-order chi connectivity index (χ1) is 9.69. The van der Waals surface area contributed by atoms with Crippen molar-refractivity contribution in [3.8, 4) is 0 Å². The van der Waals surface area contributed by atoms with Gasteiger partial charge in [-0.05, 0) is 24.6 Å². The number of halogens is 1. The highest BCUT2D eigenvalue weighted by atomic mass is 19.2. The van der Waals surface area contributed by atoms with Crippen LogP contribution < -0.4 is 16.2 Å². The molecule has 0 bridgehead atoms. The Morgan fingerprint density at radius 2 is 2.15 bits per heavy atom. The second-order valence-electron chi connectivity index (χ2n) is 4.90. The van der Waals surface area contributed by atoms with Gasteiger partial charge in [0.2, 0.25) is 5.91 Å². The molecule has 1 aromatic carbocycles. The molecule has 1 aliphatic rings. The molecule has 110 valence electrons. The van der Waals surface area contributed by atoms with Crippen LogP contribution >= 0.6 is 0 Å². The van der Waals surface area contributed by atoms with E-state index < -0.39 is 0 Å². The molecule has 2 atom stereocenters. The van der Waals surface area contributed by atoms with Gasteiger partial charge in [-0.15, -0.1) is 4.48 Å². The first-order valence-corrected chi connectivity index (χ1v) is 6.78. The predicted molar refractivity (Wildman–Crippen MR) is 75.0 cm³/mol. The Morgan fingerprint density at radius 1 is 1.40 bits per heavy atom. The van der Waals surface area contributed by atoms with E-state index in [4.69, 9.17) is 4.74 Å². The highest BCUT2D eigenvalue weighted by molar-refractivity contribution is 5.90. The number of hydrogen-bond donors (Lipinski definition) is 3. The molecule has 0 saturated carbocycles. The van der Waals surface area contributed by atoms with E-state index in [1.165, 1.54) is 5.54 Å². The van der Waals surface area contributed by atoms with Crippen LogP contribution in [0.25, 0.3) is 0 Å². The van der Waals surface area contributed by atoms with Crippen molar-refractivity contribution in [2.45, 2.75) is 25.6 Å². The van der Waals surface area contributed by atoms with E-state index in [1.807, 2.05) is 31.2 Å². The van der Waals surface area contributed by atoms with Crippen molar-refractivity contribution in [1.29, 1.82) is 0 Å². The van der Waals surface area contributed by atoms with Crippen molar-refractivity contribution in [3.05, 3.63) is 29.8 Å². The lowest BCUT2D eigenvalue weighted by molar-refractivity contribution is -0.116. The Labute approximate surface area is 117 Å². The number of benzene rings is 1. The van der Waals surface area contributed by atoms with Gasteiger partial charge in [0.1, 0.15) is 0 Å². The summed E-state index contributed by atoms with van der Waals surface area (Å²) in [6.07, 6.45) is 0.339. The highest BCUT2D eigenvalue weighted by Crippen LogP contribution is 2.22. The highest BCUT2D eigenvalue weighted by Gasteiger charge is 2.20. The lowest BCUT2D eigenvalue weighted by atomic mass is 10.1. The molecule has 0 radical (unpaired) electrons. The molecule has 3 N–H and O–H groups in total. The molecule has 20 heavy (non-hydrogen) atoms. The SMILES string of the molecule is C[C@@H]1CNC[C@H](c2ccc(NC(=O)CCNF)cc2)O1. The molecule has 1 aliphatic heterocycles. The Balaban J connectivity index is 1.90. The fraction of sp³-hybridized carbons (Fsp3) is 0.500. The van der Waals surface area contributed by atoms with Crippen molar-refractivity contribution >= 4 is 11.6 Å². The zero-order chi connectivity index (χ0) is 14.4. The standard InChI is InChI=1S/C14H20FN3O2/c1-10-8-16-9-13(20-10)11-2-4-12(5-3-11)18-14(19)6-7-17-15/h2-5,10,13,16-17H,6-9H2,1H3,(H,18,19)/t10-,13-/m1/s1. The molecule has 1 fully saturated rings. The average molecular weight is 281 g/mol. The minimum absolute atomic E-state index is 0.0173. The Morgan fingerprint density at radius 3 is 2.80 bits per heavy atom. The third-order valence-electron chi connectivity index (χ3n) is 3.17. The number of nitrogens with one attached hydrogen (secondary N) is 3. The van der Waals surface area contributed by atoms with Crippen molar-refractivity contribution in [1.82, 2.24) is 10.9 Å². The third-order valence-corrected chi connectivity index (χ3v) is 3.17. The van der Waals surface area contributed by atoms with Gasteiger partial charge in [0.25, 0.3) is 0 Å². The molecule has 1 heterocycles. The number of ether oxygens (including phenoxy) is 1. The molecule has 1 aromatic rings. The maximum atomic E-state index is 11.7.